The SMILES string of the molecule is O=C(/C=C/c1cccc(C(F)(F)F)c1)NCC(=O)OCc1ccccc1. The van der Waals surface area contributed by atoms with E-state index in [9.17, 15) is 22.8 Å². The van der Waals surface area contributed by atoms with E-state index < -0.39 is 23.6 Å². The zero-order valence-electron chi connectivity index (χ0n) is 13.6. The largest absolute Gasteiger partial charge is 0.460 e. The summed E-state index contributed by atoms with van der Waals surface area (Å²) in [6.45, 7) is -0.242. The third-order valence-electron chi connectivity index (χ3n) is 3.29. The normalized spacial score (nSPS) is 11.3. The van der Waals surface area contributed by atoms with E-state index in [2.05, 4.69) is 5.32 Å². The summed E-state index contributed by atoms with van der Waals surface area (Å²) in [5.41, 5.74) is 0.239. The molecule has 0 heterocycles. The maximum atomic E-state index is 12.6. The molecule has 136 valence electrons. The van der Waals surface area contributed by atoms with E-state index in [1.165, 1.54) is 18.2 Å². The molecule has 7 heteroatoms. The van der Waals surface area contributed by atoms with Crippen molar-refractivity contribution in [2.24, 2.45) is 0 Å². The van der Waals surface area contributed by atoms with Crippen LogP contribution >= 0.6 is 0 Å². The number of benzene rings is 2. The summed E-state index contributed by atoms with van der Waals surface area (Å²) in [6.07, 6.45) is -2.16. The van der Waals surface area contributed by atoms with Crippen LogP contribution in [0.4, 0.5) is 13.2 Å². The zero-order chi connectivity index (χ0) is 19.0. The number of ether oxygens (including phenoxy) is 1. The Hall–Kier alpha value is -3.09. The third-order valence-corrected chi connectivity index (χ3v) is 3.29. The first-order valence-corrected chi connectivity index (χ1v) is 7.67. The number of rotatable bonds is 6. The number of nitrogens with one attached hydrogen (secondary N) is 1. The molecule has 0 aromatic heterocycles. The molecule has 26 heavy (non-hydrogen) atoms. The van der Waals surface area contributed by atoms with Gasteiger partial charge in [0.1, 0.15) is 13.2 Å². The number of hydrogen-bond acceptors (Lipinski definition) is 3. The summed E-state index contributed by atoms with van der Waals surface area (Å²) in [7, 11) is 0. The van der Waals surface area contributed by atoms with Gasteiger partial charge in [-0.05, 0) is 29.3 Å². The van der Waals surface area contributed by atoms with Crippen LogP contribution < -0.4 is 5.32 Å². The maximum Gasteiger partial charge on any atom is 0.416 e. The van der Waals surface area contributed by atoms with Gasteiger partial charge in [-0.25, -0.2) is 0 Å². The standard InChI is InChI=1S/C19H16F3NO3/c20-19(21,22)16-8-4-7-14(11-16)9-10-17(24)23-12-18(25)26-13-15-5-2-1-3-6-15/h1-11H,12-13H2,(H,23,24)/b10-9+. The summed E-state index contributed by atoms with van der Waals surface area (Å²) in [5, 5.41) is 2.31. The van der Waals surface area contributed by atoms with Gasteiger partial charge >= 0.3 is 12.1 Å². The summed E-state index contributed by atoms with van der Waals surface area (Å²) < 4.78 is 42.8. The van der Waals surface area contributed by atoms with Crippen molar-refractivity contribution in [1.82, 2.24) is 5.32 Å². The molecule has 0 fully saturated rings. The number of hydrogen-bond donors (Lipinski definition) is 1. The second-order valence-corrected chi connectivity index (χ2v) is 5.32. The van der Waals surface area contributed by atoms with E-state index in [1.54, 1.807) is 12.1 Å². The Balaban J connectivity index is 1.79. The average Bonchev–Trinajstić information content (AvgIpc) is 2.63. The fourth-order valence-electron chi connectivity index (χ4n) is 2.00. The molecule has 0 aliphatic heterocycles. The molecule has 0 saturated heterocycles. The summed E-state index contributed by atoms with van der Waals surface area (Å²) in [5.74, 6) is -1.23. The van der Waals surface area contributed by atoms with Gasteiger partial charge in [0.2, 0.25) is 5.91 Å². The van der Waals surface area contributed by atoms with Crippen LogP contribution in [-0.2, 0) is 27.1 Å². The fourth-order valence-corrected chi connectivity index (χ4v) is 2.00. The second kappa shape index (κ2) is 8.84. The second-order valence-electron chi connectivity index (χ2n) is 5.32. The van der Waals surface area contributed by atoms with Crippen LogP contribution in [0.3, 0.4) is 0 Å². The first-order valence-electron chi connectivity index (χ1n) is 7.67. The Morgan fingerprint density at radius 2 is 1.77 bits per heavy atom. The van der Waals surface area contributed by atoms with Crippen molar-refractivity contribution in [2.45, 2.75) is 12.8 Å². The van der Waals surface area contributed by atoms with Crippen molar-refractivity contribution in [3.8, 4) is 0 Å². The highest BCUT2D eigenvalue weighted by molar-refractivity contribution is 5.93. The number of alkyl halides is 3. The predicted molar refractivity (Wildman–Crippen MR) is 89.7 cm³/mol. The lowest BCUT2D eigenvalue weighted by atomic mass is 10.1. The highest BCUT2D eigenvalue weighted by Crippen LogP contribution is 2.29. The first-order chi connectivity index (χ1) is 12.3. The van der Waals surface area contributed by atoms with Crippen LogP contribution in [0, 0.1) is 0 Å². The molecule has 0 bridgehead atoms. The van der Waals surface area contributed by atoms with Crippen molar-refractivity contribution in [1.29, 1.82) is 0 Å². The zero-order valence-corrected chi connectivity index (χ0v) is 13.6. The molecule has 0 radical (unpaired) electrons. The number of esters is 1. The Kier molecular flexibility index (Phi) is 6.54. The lowest BCUT2D eigenvalue weighted by Crippen LogP contribution is -2.29. The van der Waals surface area contributed by atoms with Crippen molar-refractivity contribution in [3.63, 3.8) is 0 Å². The number of amides is 1. The van der Waals surface area contributed by atoms with Gasteiger partial charge < -0.3 is 10.1 Å². The van der Waals surface area contributed by atoms with Crippen LogP contribution in [0.5, 0.6) is 0 Å². The first kappa shape index (κ1) is 19.2. The smallest absolute Gasteiger partial charge is 0.416 e. The molecule has 0 unspecified atom stereocenters. The number of carbonyl (C=O) groups excluding carboxylic acids is 2. The minimum absolute atomic E-state index is 0.0929. The van der Waals surface area contributed by atoms with Gasteiger partial charge in [0, 0.05) is 6.08 Å². The molecular formula is C19H16F3NO3. The topological polar surface area (TPSA) is 55.4 Å². The van der Waals surface area contributed by atoms with Crippen molar-refractivity contribution < 1.29 is 27.5 Å². The third kappa shape index (κ3) is 6.43. The minimum atomic E-state index is -4.45. The highest BCUT2D eigenvalue weighted by Gasteiger charge is 2.30. The molecule has 4 nitrogen and oxygen atoms in total. The van der Waals surface area contributed by atoms with Gasteiger partial charge in [-0.3, -0.25) is 9.59 Å². The van der Waals surface area contributed by atoms with Crippen LogP contribution in [0.25, 0.3) is 6.08 Å². The maximum absolute atomic E-state index is 12.6. The van der Waals surface area contributed by atoms with E-state index >= 15 is 0 Å². The van der Waals surface area contributed by atoms with Gasteiger partial charge in [-0.2, -0.15) is 13.2 Å². The Morgan fingerprint density at radius 3 is 2.46 bits per heavy atom. The predicted octanol–water partition coefficient (Wildman–Crippen LogP) is 3.58. The lowest BCUT2D eigenvalue weighted by Gasteiger charge is -2.07. The van der Waals surface area contributed by atoms with Gasteiger partial charge in [0.25, 0.3) is 0 Å². The molecule has 1 N–H and O–H groups in total. The molecule has 0 aliphatic carbocycles. The van der Waals surface area contributed by atoms with Gasteiger partial charge in [-0.15, -0.1) is 0 Å². The van der Waals surface area contributed by atoms with Gasteiger partial charge in [0.15, 0.2) is 0 Å². The molecular weight excluding hydrogens is 347 g/mol. The lowest BCUT2D eigenvalue weighted by molar-refractivity contribution is -0.144. The monoisotopic (exact) mass is 363 g/mol. The molecule has 2 aromatic carbocycles. The molecule has 0 aliphatic rings. The van der Waals surface area contributed by atoms with E-state index in [4.69, 9.17) is 4.74 Å². The molecule has 1 amide bonds. The number of halogens is 3. The molecule has 0 atom stereocenters. The van der Waals surface area contributed by atoms with Gasteiger partial charge in [-0.1, -0.05) is 42.5 Å². The van der Waals surface area contributed by atoms with E-state index in [0.717, 1.165) is 23.8 Å². The van der Waals surface area contributed by atoms with Crippen LogP contribution in [0.1, 0.15) is 16.7 Å². The number of carbonyl (C=O) groups is 2. The van der Waals surface area contributed by atoms with Crippen LogP contribution in [0.15, 0.2) is 60.7 Å². The summed E-state index contributed by atoms with van der Waals surface area (Å²) in [6, 6.07) is 13.6. The molecule has 2 aromatic rings. The average molecular weight is 363 g/mol. The fraction of sp³-hybridized carbons (Fsp3) is 0.158. The molecule has 0 spiro atoms. The van der Waals surface area contributed by atoms with E-state index in [1.807, 2.05) is 18.2 Å². The Morgan fingerprint density at radius 1 is 1.04 bits per heavy atom. The highest BCUT2D eigenvalue weighted by atomic mass is 19.4. The summed E-state index contributed by atoms with van der Waals surface area (Å²) in [4.78, 5) is 23.2. The van der Waals surface area contributed by atoms with Crippen molar-refractivity contribution >= 4 is 18.0 Å². The van der Waals surface area contributed by atoms with Crippen LogP contribution in [-0.4, -0.2) is 18.4 Å². The van der Waals surface area contributed by atoms with Crippen molar-refractivity contribution in [3.05, 3.63) is 77.4 Å². The quantitative estimate of drug-likeness (QED) is 0.631. The van der Waals surface area contributed by atoms with Crippen molar-refractivity contribution in [2.75, 3.05) is 6.54 Å². The molecule has 0 saturated carbocycles. The van der Waals surface area contributed by atoms with Crippen LogP contribution in [0.2, 0.25) is 0 Å². The van der Waals surface area contributed by atoms with Gasteiger partial charge in [0.05, 0.1) is 5.56 Å². The summed E-state index contributed by atoms with van der Waals surface area (Å²) >= 11 is 0. The van der Waals surface area contributed by atoms with E-state index in [-0.39, 0.29) is 18.7 Å². The molecule has 2 rings (SSSR count). The van der Waals surface area contributed by atoms with E-state index in [0.29, 0.717) is 0 Å². The minimum Gasteiger partial charge on any atom is -0.460 e. The Labute approximate surface area is 148 Å². The Bertz CT molecular complexity index is 786.